The number of carbonyl (C=O) groups is 1. The van der Waals surface area contributed by atoms with Crippen LogP contribution in [0.25, 0.3) is 0 Å². The van der Waals surface area contributed by atoms with Gasteiger partial charge in [0.15, 0.2) is 11.6 Å². The summed E-state index contributed by atoms with van der Waals surface area (Å²) in [4.78, 5) is 16.4. The highest BCUT2D eigenvalue weighted by Gasteiger charge is 2.19. The molecule has 0 saturated heterocycles. The van der Waals surface area contributed by atoms with Crippen molar-refractivity contribution in [2.75, 3.05) is 7.11 Å². The van der Waals surface area contributed by atoms with Gasteiger partial charge in [-0.1, -0.05) is 38.1 Å². The van der Waals surface area contributed by atoms with Crippen LogP contribution in [0, 0.1) is 5.82 Å². The van der Waals surface area contributed by atoms with Crippen molar-refractivity contribution in [1.82, 2.24) is 5.32 Å². The van der Waals surface area contributed by atoms with Crippen LogP contribution < -0.4 is 10.1 Å². The van der Waals surface area contributed by atoms with Crippen molar-refractivity contribution in [1.29, 1.82) is 0 Å². The van der Waals surface area contributed by atoms with Crippen molar-refractivity contribution >= 4 is 36.0 Å². The molecule has 1 amide bonds. The molecule has 0 aromatic heterocycles. The molecule has 7 heteroatoms. The van der Waals surface area contributed by atoms with Crippen LogP contribution in [-0.2, 0) is 11.3 Å². The Morgan fingerprint density at radius 1 is 1.52 bits per heavy atom. The number of hydrogen-bond acceptors (Lipinski definition) is 4. The average molecular weight is 385 g/mol. The van der Waals surface area contributed by atoms with E-state index >= 15 is 0 Å². The smallest absolute Gasteiger partial charge is 0.255 e. The fourth-order valence-electron chi connectivity index (χ4n) is 1.88. The molecule has 0 fully saturated rings. The third-order valence-corrected chi connectivity index (χ3v) is 4.89. The van der Waals surface area contributed by atoms with Crippen LogP contribution in [0.15, 0.2) is 45.4 Å². The molecule has 25 heavy (non-hydrogen) atoms. The number of hydrogen-bond donors (Lipinski definition) is 1. The summed E-state index contributed by atoms with van der Waals surface area (Å²) in [6.45, 7) is 11.3. The van der Waals surface area contributed by atoms with E-state index in [2.05, 4.69) is 23.6 Å². The Labute approximate surface area is 157 Å². The molecule has 1 unspecified atom stereocenters. The molecule has 0 aliphatic heterocycles. The van der Waals surface area contributed by atoms with E-state index in [4.69, 9.17) is 16.3 Å². The second kappa shape index (κ2) is 10.3. The largest absolute Gasteiger partial charge is 0.494 e. The normalized spacial score (nSPS) is 12.8. The third-order valence-electron chi connectivity index (χ3n) is 3.41. The fourth-order valence-corrected chi connectivity index (χ4v) is 3.06. The van der Waals surface area contributed by atoms with Gasteiger partial charge in [-0.05, 0) is 30.8 Å². The Balaban J connectivity index is 2.95. The summed E-state index contributed by atoms with van der Waals surface area (Å²) < 4.78 is 18.6. The van der Waals surface area contributed by atoms with Gasteiger partial charge in [0.25, 0.3) is 5.91 Å². The van der Waals surface area contributed by atoms with Gasteiger partial charge in [0.2, 0.25) is 0 Å². The van der Waals surface area contributed by atoms with Gasteiger partial charge < -0.3 is 10.1 Å². The van der Waals surface area contributed by atoms with Gasteiger partial charge in [0, 0.05) is 16.8 Å². The van der Waals surface area contributed by atoms with Crippen LogP contribution in [0.4, 0.5) is 4.39 Å². The van der Waals surface area contributed by atoms with Crippen LogP contribution in [0.2, 0.25) is 0 Å². The molecule has 0 aliphatic carbocycles. The Kier molecular flexibility index (Phi) is 8.72. The molecular formula is C18H22ClFN2O2S. The number of ether oxygens (including phenoxy) is 1. The lowest BCUT2D eigenvalue weighted by Gasteiger charge is -2.14. The predicted octanol–water partition coefficient (Wildman–Crippen LogP) is 4.65. The summed E-state index contributed by atoms with van der Waals surface area (Å²) in [6, 6.07) is 4.48. The minimum atomic E-state index is -0.493. The highest BCUT2D eigenvalue weighted by molar-refractivity contribution is 8.03. The minimum absolute atomic E-state index is 0.0802. The maximum atomic E-state index is 13.7. The summed E-state index contributed by atoms with van der Waals surface area (Å²) in [7, 11) is 1.39. The number of benzene rings is 1. The molecule has 1 aromatic rings. The molecule has 1 aromatic carbocycles. The number of thioether (sulfide) groups is 1. The fraction of sp³-hybridized carbons (Fsp3) is 0.333. The van der Waals surface area contributed by atoms with Crippen LogP contribution in [0.1, 0.15) is 25.8 Å². The minimum Gasteiger partial charge on any atom is -0.494 e. The Hall–Kier alpha value is -1.79. The van der Waals surface area contributed by atoms with Crippen molar-refractivity contribution in [3.05, 3.63) is 51.8 Å². The van der Waals surface area contributed by atoms with Crippen LogP contribution in [-0.4, -0.2) is 25.0 Å². The third kappa shape index (κ3) is 6.21. The maximum Gasteiger partial charge on any atom is 0.255 e. The molecule has 4 nitrogen and oxygen atoms in total. The zero-order chi connectivity index (χ0) is 19.0. The summed E-state index contributed by atoms with van der Waals surface area (Å²) in [5, 5.41) is 3.45. The first-order valence-corrected chi connectivity index (χ1v) is 8.92. The maximum absolute atomic E-state index is 13.7. The van der Waals surface area contributed by atoms with Gasteiger partial charge >= 0.3 is 0 Å². The monoisotopic (exact) mass is 384 g/mol. The number of carbonyl (C=O) groups excluding carboxylic acids is 1. The van der Waals surface area contributed by atoms with E-state index in [-0.39, 0.29) is 28.1 Å². The van der Waals surface area contributed by atoms with Crippen molar-refractivity contribution in [3.8, 4) is 5.75 Å². The number of nitrogens with one attached hydrogen (secondary N) is 1. The van der Waals surface area contributed by atoms with E-state index in [1.165, 1.54) is 31.0 Å². The van der Waals surface area contributed by atoms with Gasteiger partial charge in [0.05, 0.1) is 12.7 Å². The lowest BCUT2D eigenvalue weighted by atomic mass is 10.2. The summed E-state index contributed by atoms with van der Waals surface area (Å²) >= 11 is 7.40. The number of nitrogens with zero attached hydrogens (tertiary/aromatic N) is 1. The Bertz CT molecular complexity index is 692. The van der Waals surface area contributed by atoms with Gasteiger partial charge in [-0.3, -0.25) is 9.79 Å². The van der Waals surface area contributed by atoms with E-state index in [9.17, 15) is 9.18 Å². The second-order valence-electron chi connectivity index (χ2n) is 5.23. The zero-order valence-electron chi connectivity index (χ0n) is 14.6. The van der Waals surface area contributed by atoms with E-state index in [1.807, 2.05) is 13.8 Å². The van der Waals surface area contributed by atoms with E-state index in [1.54, 1.807) is 6.07 Å². The molecule has 1 N–H and O–H groups in total. The van der Waals surface area contributed by atoms with E-state index < -0.39 is 11.7 Å². The van der Waals surface area contributed by atoms with Crippen molar-refractivity contribution in [2.24, 2.45) is 4.99 Å². The number of methoxy groups -OCH3 is 1. The Morgan fingerprint density at radius 3 is 2.68 bits per heavy atom. The number of halogens is 2. The first-order valence-electron chi connectivity index (χ1n) is 7.67. The SMILES string of the molecule is C=N/C(SC(C)CC)=C(\C(=C)Cl)C(=O)NCc1ccc(OC)c(F)c1. The number of amides is 1. The summed E-state index contributed by atoms with van der Waals surface area (Å²) in [5.41, 5.74) is 0.768. The number of rotatable bonds is 9. The standard InChI is InChI=1S/C18H22ClFN2O2S/c1-6-11(2)25-18(21-4)16(12(3)19)17(23)22-10-13-7-8-15(24-5)14(20)9-13/h7-9,11H,3-4,6,10H2,1-2,5H3,(H,22,23)/b18-16-. The Morgan fingerprint density at radius 2 is 2.20 bits per heavy atom. The molecule has 0 heterocycles. The first-order chi connectivity index (χ1) is 11.8. The molecule has 0 saturated carbocycles. The highest BCUT2D eigenvalue weighted by Crippen LogP contribution is 2.31. The van der Waals surface area contributed by atoms with Gasteiger partial charge in [-0.15, -0.1) is 11.8 Å². The molecule has 0 bridgehead atoms. The van der Waals surface area contributed by atoms with E-state index in [0.717, 1.165) is 6.42 Å². The summed E-state index contributed by atoms with van der Waals surface area (Å²) in [5.74, 6) is -0.783. The summed E-state index contributed by atoms with van der Waals surface area (Å²) in [6.07, 6.45) is 0.901. The van der Waals surface area contributed by atoms with Gasteiger partial charge in [-0.25, -0.2) is 4.39 Å². The van der Waals surface area contributed by atoms with Crippen molar-refractivity contribution < 1.29 is 13.9 Å². The van der Waals surface area contributed by atoms with Crippen molar-refractivity contribution in [2.45, 2.75) is 32.1 Å². The molecule has 136 valence electrons. The molecule has 0 spiro atoms. The molecule has 0 aliphatic rings. The molecular weight excluding hydrogens is 363 g/mol. The average Bonchev–Trinajstić information content (AvgIpc) is 2.58. The molecule has 0 radical (unpaired) electrons. The quantitative estimate of drug-likeness (QED) is 0.383. The van der Waals surface area contributed by atoms with E-state index in [0.29, 0.717) is 10.6 Å². The van der Waals surface area contributed by atoms with Crippen LogP contribution >= 0.6 is 23.4 Å². The van der Waals surface area contributed by atoms with Gasteiger partial charge in [0.1, 0.15) is 5.03 Å². The van der Waals surface area contributed by atoms with Gasteiger partial charge in [-0.2, -0.15) is 0 Å². The number of aliphatic imine (C=N–C) groups is 1. The van der Waals surface area contributed by atoms with Crippen molar-refractivity contribution in [3.63, 3.8) is 0 Å². The van der Waals surface area contributed by atoms with Crippen LogP contribution in [0.3, 0.4) is 0 Å². The predicted molar refractivity (Wildman–Crippen MR) is 104 cm³/mol. The second-order valence-corrected chi connectivity index (χ2v) is 7.11. The molecule has 1 atom stereocenters. The lowest BCUT2D eigenvalue weighted by Crippen LogP contribution is -2.25. The lowest BCUT2D eigenvalue weighted by molar-refractivity contribution is -0.117. The van der Waals surface area contributed by atoms with Crippen LogP contribution in [0.5, 0.6) is 5.75 Å². The first kappa shape index (κ1) is 21.3. The topological polar surface area (TPSA) is 50.7 Å². The zero-order valence-corrected chi connectivity index (χ0v) is 16.1. The highest BCUT2D eigenvalue weighted by atomic mass is 35.5. The molecule has 1 rings (SSSR count).